The first kappa shape index (κ1) is 23.8. The summed E-state index contributed by atoms with van der Waals surface area (Å²) >= 11 is 0. The van der Waals surface area contributed by atoms with Crippen molar-refractivity contribution in [3.8, 4) is 0 Å². The molecule has 0 bridgehead atoms. The minimum absolute atomic E-state index is 0.0372. The average molecular weight is 458 g/mol. The minimum atomic E-state index is -0.971. The molecule has 2 N–H and O–H groups in total. The van der Waals surface area contributed by atoms with Crippen molar-refractivity contribution < 1.29 is 19.6 Å². The predicted molar refractivity (Wildman–Crippen MR) is 125 cm³/mol. The van der Waals surface area contributed by atoms with Gasteiger partial charge in [-0.2, -0.15) is 0 Å². The van der Waals surface area contributed by atoms with Crippen LogP contribution in [0, 0.1) is 11.8 Å². The Bertz CT molecular complexity index is 763. The van der Waals surface area contributed by atoms with E-state index in [0.29, 0.717) is 19.1 Å². The first-order valence-electron chi connectivity index (χ1n) is 12.8. The van der Waals surface area contributed by atoms with E-state index >= 15 is 0 Å². The number of pyridine rings is 1. The lowest BCUT2D eigenvalue weighted by atomic mass is 9.81. The van der Waals surface area contributed by atoms with Crippen molar-refractivity contribution >= 4 is 17.8 Å². The van der Waals surface area contributed by atoms with Crippen LogP contribution in [0.3, 0.4) is 0 Å². The molecule has 33 heavy (non-hydrogen) atoms. The highest BCUT2D eigenvalue weighted by Crippen LogP contribution is 2.29. The number of urea groups is 1. The number of hydrogen-bond donors (Lipinski definition) is 2. The SMILES string of the molecule is O=C([O-])C[C@@H]1CCN(C(=O)NC2CCCCC2)C[C@@H]1CC[NH+]1CCN(c2ccccn2)CC1. The Labute approximate surface area is 197 Å². The molecule has 2 saturated heterocycles. The number of aliphatic carboxylic acids is 1. The molecule has 1 aromatic heterocycles. The van der Waals surface area contributed by atoms with Crippen molar-refractivity contribution in [1.82, 2.24) is 15.2 Å². The zero-order valence-corrected chi connectivity index (χ0v) is 19.7. The number of rotatable bonds is 7. The van der Waals surface area contributed by atoms with Crippen LogP contribution in [0.1, 0.15) is 51.4 Å². The van der Waals surface area contributed by atoms with Gasteiger partial charge in [0, 0.05) is 37.7 Å². The second kappa shape index (κ2) is 11.7. The van der Waals surface area contributed by atoms with Crippen LogP contribution < -0.4 is 20.2 Å². The number of aromatic nitrogens is 1. The number of quaternary nitrogens is 1. The quantitative estimate of drug-likeness (QED) is 0.614. The summed E-state index contributed by atoms with van der Waals surface area (Å²) in [6.07, 6.45) is 9.44. The van der Waals surface area contributed by atoms with Crippen LogP contribution in [-0.4, -0.2) is 73.7 Å². The van der Waals surface area contributed by atoms with Crippen molar-refractivity contribution in [2.24, 2.45) is 11.8 Å². The molecule has 0 unspecified atom stereocenters. The van der Waals surface area contributed by atoms with E-state index in [9.17, 15) is 14.7 Å². The number of piperazine rings is 1. The average Bonchev–Trinajstić information content (AvgIpc) is 2.84. The maximum Gasteiger partial charge on any atom is 0.317 e. The lowest BCUT2D eigenvalue weighted by Gasteiger charge is -2.40. The summed E-state index contributed by atoms with van der Waals surface area (Å²) in [5, 5.41) is 14.6. The molecule has 182 valence electrons. The number of carbonyl (C=O) groups excluding carboxylic acids is 2. The second-order valence-corrected chi connectivity index (χ2v) is 10.1. The van der Waals surface area contributed by atoms with Crippen LogP contribution in [0.25, 0.3) is 0 Å². The molecule has 3 fully saturated rings. The molecule has 4 rings (SSSR count). The highest BCUT2D eigenvalue weighted by molar-refractivity contribution is 5.74. The Kier molecular flexibility index (Phi) is 8.42. The molecule has 0 aromatic carbocycles. The smallest absolute Gasteiger partial charge is 0.317 e. The van der Waals surface area contributed by atoms with Gasteiger partial charge in [-0.3, -0.25) is 0 Å². The number of piperidine rings is 1. The van der Waals surface area contributed by atoms with Crippen molar-refractivity contribution in [3.63, 3.8) is 0 Å². The van der Waals surface area contributed by atoms with Crippen LogP contribution in [-0.2, 0) is 4.79 Å². The topological polar surface area (TPSA) is 93.0 Å². The number of carboxylic acids is 1. The molecule has 2 atom stereocenters. The normalized spacial score (nSPS) is 25.1. The number of likely N-dealkylation sites (tertiary alicyclic amines) is 1. The number of amides is 2. The van der Waals surface area contributed by atoms with Gasteiger partial charge >= 0.3 is 6.03 Å². The fourth-order valence-corrected chi connectivity index (χ4v) is 5.82. The summed E-state index contributed by atoms with van der Waals surface area (Å²) in [6, 6.07) is 6.36. The van der Waals surface area contributed by atoms with E-state index in [1.807, 2.05) is 23.2 Å². The van der Waals surface area contributed by atoms with Crippen molar-refractivity contribution in [2.45, 2.75) is 57.4 Å². The van der Waals surface area contributed by atoms with E-state index in [4.69, 9.17) is 0 Å². The summed E-state index contributed by atoms with van der Waals surface area (Å²) in [5.41, 5.74) is 0. The Balaban J connectivity index is 1.27. The van der Waals surface area contributed by atoms with Crippen LogP contribution in [0.4, 0.5) is 10.6 Å². The molecular formula is C25H39N5O3. The zero-order valence-electron chi connectivity index (χ0n) is 19.7. The van der Waals surface area contributed by atoms with Gasteiger partial charge in [0.2, 0.25) is 0 Å². The van der Waals surface area contributed by atoms with Gasteiger partial charge in [0.15, 0.2) is 0 Å². The highest BCUT2D eigenvalue weighted by atomic mass is 16.4. The molecule has 1 aromatic rings. The maximum atomic E-state index is 12.9. The van der Waals surface area contributed by atoms with Crippen LogP contribution in [0.2, 0.25) is 0 Å². The molecule has 0 radical (unpaired) electrons. The number of anilines is 1. The summed E-state index contributed by atoms with van der Waals surface area (Å²) in [6.45, 7) is 6.39. The van der Waals surface area contributed by atoms with Crippen molar-refractivity contribution in [1.29, 1.82) is 0 Å². The molecule has 3 heterocycles. The molecule has 3 aliphatic rings. The largest absolute Gasteiger partial charge is 0.550 e. The van der Waals surface area contributed by atoms with Crippen LogP contribution in [0.5, 0.6) is 0 Å². The highest BCUT2D eigenvalue weighted by Gasteiger charge is 2.33. The van der Waals surface area contributed by atoms with E-state index in [2.05, 4.69) is 21.3 Å². The van der Waals surface area contributed by atoms with E-state index < -0.39 is 5.97 Å². The van der Waals surface area contributed by atoms with Gasteiger partial charge in [-0.05, 0) is 49.7 Å². The van der Waals surface area contributed by atoms with E-state index in [1.165, 1.54) is 19.3 Å². The third-order valence-electron chi connectivity index (χ3n) is 7.85. The molecule has 8 nitrogen and oxygen atoms in total. The maximum absolute atomic E-state index is 12.9. The Morgan fingerprint density at radius 2 is 1.85 bits per heavy atom. The Hall–Kier alpha value is -2.35. The van der Waals surface area contributed by atoms with Gasteiger partial charge in [-0.25, -0.2) is 9.78 Å². The fourth-order valence-electron chi connectivity index (χ4n) is 5.82. The van der Waals surface area contributed by atoms with Gasteiger partial charge in [-0.15, -0.1) is 0 Å². The fraction of sp³-hybridized carbons (Fsp3) is 0.720. The van der Waals surface area contributed by atoms with Crippen LogP contribution in [0.15, 0.2) is 24.4 Å². The molecule has 1 aliphatic carbocycles. The molecular weight excluding hydrogens is 418 g/mol. The summed E-state index contributed by atoms with van der Waals surface area (Å²) < 4.78 is 0. The summed E-state index contributed by atoms with van der Waals surface area (Å²) in [5.74, 6) is 0.386. The number of carboxylic acid groups (broad SMARTS) is 1. The second-order valence-electron chi connectivity index (χ2n) is 10.1. The molecule has 2 amide bonds. The zero-order chi connectivity index (χ0) is 23.0. The van der Waals surface area contributed by atoms with Gasteiger partial charge in [0.05, 0.1) is 32.7 Å². The van der Waals surface area contributed by atoms with E-state index in [-0.39, 0.29) is 24.3 Å². The van der Waals surface area contributed by atoms with Crippen LogP contribution >= 0.6 is 0 Å². The van der Waals surface area contributed by atoms with Crippen molar-refractivity contribution in [2.75, 3.05) is 50.7 Å². The first-order chi connectivity index (χ1) is 16.1. The third-order valence-corrected chi connectivity index (χ3v) is 7.85. The van der Waals surface area contributed by atoms with Gasteiger partial charge < -0.3 is 29.9 Å². The van der Waals surface area contributed by atoms with Crippen molar-refractivity contribution in [3.05, 3.63) is 24.4 Å². The first-order valence-corrected chi connectivity index (χ1v) is 12.8. The standard InChI is InChI=1S/C25H39N5O3/c31-24(32)18-20-10-13-30(25(33)27-22-6-2-1-3-7-22)19-21(20)9-12-28-14-16-29(17-15-28)23-8-4-5-11-26-23/h4-5,8,11,20-22H,1-3,6-7,9-10,12-19H2,(H,27,33)(H,31,32)/t20-,21-/m0/s1. The van der Waals surface area contributed by atoms with Gasteiger partial charge in [-0.1, -0.05) is 25.3 Å². The van der Waals surface area contributed by atoms with E-state index in [0.717, 1.165) is 64.2 Å². The van der Waals surface area contributed by atoms with E-state index in [1.54, 1.807) is 4.90 Å². The molecule has 8 heteroatoms. The molecule has 2 aliphatic heterocycles. The Morgan fingerprint density at radius 1 is 1.06 bits per heavy atom. The van der Waals surface area contributed by atoms with Gasteiger partial charge in [0.1, 0.15) is 5.82 Å². The number of carbonyl (C=O) groups is 2. The Morgan fingerprint density at radius 3 is 2.55 bits per heavy atom. The molecule has 1 saturated carbocycles. The monoisotopic (exact) mass is 457 g/mol. The third kappa shape index (κ3) is 6.82. The predicted octanol–water partition coefficient (Wildman–Crippen LogP) is 0.297. The van der Waals surface area contributed by atoms with Gasteiger partial charge in [0.25, 0.3) is 0 Å². The number of hydrogen-bond acceptors (Lipinski definition) is 5. The lowest BCUT2D eigenvalue weighted by molar-refractivity contribution is -0.901. The minimum Gasteiger partial charge on any atom is -0.550 e. The summed E-state index contributed by atoms with van der Waals surface area (Å²) in [7, 11) is 0. The number of nitrogens with zero attached hydrogens (tertiary/aromatic N) is 3. The number of nitrogens with one attached hydrogen (secondary N) is 2. The lowest BCUT2D eigenvalue weighted by Crippen LogP contribution is -3.15. The summed E-state index contributed by atoms with van der Waals surface area (Å²) in [4.78, 5) is 34.5. The molecule has 0 spiro atoms.